The highest BCUT2D eigenvalue weighted by Crippen LogP contribution is 2.38. The Hall–Kier alpha value is -3.27. The van der Waals surface area contributed by atoms with E-state index >= 15 is 0 Å². The van der Waals surface area contributed by atoms with E-state index in [1.807, 2.05) is 37.3 Å². The zero-order valence-electron chi connectivity index (χ0n) is 20.2. The second kappa shape index (κ2) is 10.2. The van der Waals surface area contributed by atoms with Crippen LogP contribution in [0.1, 0.15) is 60.5 Å². The predicted molar refractivity (Wildman–Crippen MR) is 131 cm³/mol. The van der Waals surface area contributed by atoms with Crippen molar-refractivity contribution in [1.29, 1.82) is 0 Å². The minimum absolute atomic E-state index is 0.00183. The third kappa shape index (κ3) is 4.80. The first-order chi connectivity index (χ1) is 16.8. The Morgan fingerprint density at radius 1 is 1.26 bits per heavy atom. The summed E-state index contributed by atoms with van der Waals surface area (Å²) in [6.07, 6.45) is 3.30. The molecular weight excluding hydrogens is 468 g/mol. The van der Waals surface area contributed by atoms with Crippen LogP contribution in [0.15, 0.2) is 30.3 Å². The van der Waals surface area contributed by atoms with Crippen LogP contribution in [0.3, 0.4) is 0 Å². The van der Waals surface area contributed by atoms with Crippen LogP contribution in [0.25, 0.3) is 0 Å². The summed E-state index contributed by atoms with van der Waals surface area (Å²) >= 11 is 1.06. The maximum Gasteiger partial charge on any atom is 0.350 e. The number of ether oxygens (including phenoxy) is 1. The number of carbonyl (C=O) groups excluding carboxylic acids is 4. The maximum absolute atomic E-state index is 13.6. The van der Waals surface area contributed by atoms with Crippen LogP contribution in [0.5, 0.6) is 0 Å². The largest absolute Gasteiger partial charge is 0.462 e. The number of rotatable bonds is 7. The van der Waals surface area contributed by atoms with Crippen LogP contribution < -0.4 is 10.2 Å². The fourth-order valence-electron chi connectivity index (χ4n) is 4.77. The van der Waals surface area contributed by atoms with Gasteiger partial charge < -0.3 is 10.1 Å². The second-order valence-corrected chi connectivity index (χ2v) is 10.0. The predicted octanol–water partition coefficient (Wildman–Crippen LogP) is 3.66. The highest BCUT2D eigenvalue weighted by molar-refractivity contribution is 7.17. The van der Waals surface area contributed by atoms with E-state index in [9.17, 15) is 19.2 Å². The Bertz CT molecular complexity index is 1130. The van der Waals surface area contributed by atoms with E-state index in [1.54, 1.807) is 13.8 Å². The van der Waals surface area contributed by atoms with E-state index in [2.05, 4.69) is 10.3 Å². The van der Waals surface area contributed by atoms with Crippen molar-refractivity contribution in [2.75, 3.05) is 18.1 Å². The van der Waals surface area contributed by atoms with Crippen LogP contribution >= 0.6 is 11.3 Å². The third-order valence-electron chi connectivity index (χ3n) is 6.76. The number of esters is 1. The van der Waals surface area contributed by atoms with E-state index in [-0.39, 0.29) is 25.0 Å². The first kappa shape index (κ1) is 24.8. The van der Waals surface area contributed by atoms with Gasteiger partial charge in [-0.3, -0.25) is 19.4 Å². The van der Waals surface area contributed by atoms with Gasteiger partial charge in [-0.2, -0.15) is 0 Å². The van der Waals surface area contributed by atoms with Gasteiger partial charge in [-0.1, -0.05) is 61.4 Å². The number of urea groups is 1. The molecule has 1 aliphatic carbocycles. The van der Waals surface area contributed by atoms with Crippen LogP contribution in [-0.2, 0) is 20.9 Å². The Balaban J connectivity index is 1.61. The maximum atomic E-state index is 13.6. The van der Waals surface area contributed by atoms with Crippen LogP contribution in [-0.4, -0.2) is 52.4 Å². The number of carbonyl (C=O) groups is 4. The van der Waals surface area contributed by atoms with Crippen LogP contribution in [0.2, 0.25) is 0 Å². The van der Waals surface area contributed by atoms with E-state index in [0.29, 0.717) is 22.1 Å². The summed E-state index contributed by atoms with van der Waals surface area (Å²) in [6, 6.07) is 8.81. The molecule has 1 saturated heterocycles. The molecule has 1 aromatic heterocycles. The molecule has 186 valence electrons. The molecular formula is C25H30N4O5S. The third-order valence-corrected chi connectivity index (χ3v) is 7.92. The lowest BCUT2D eigenvalue weighted by atomic mass is 9.73. The first-order valence-corrected chi connectivity index (χ1v) is 12.7. The number of hydrogen-bond donors (Lipinski definition) is 1. The molecule has 2 heterocycles. The van der Waals surface area contributed by atoms with Crippen molar-refractivity contribution in [2.24, 2.45) is 5.92 Å². The monoisotopic (exact) mass is 498 g/mol. The van der Waals surface area contributed by atoms with Gasteiger partial charge in [-0.25, -0.2) is 14.6 Å². The minimum atomic E-state index is -0.936. The summed E-state index contributed by atoms with van der Waals surface area (Å²) < 4.78 is 5.11. The SMILES string of the molecule is CCOC(=O)c1sc(N(Cc2ccccc2)C(=O)CN2C(=O)NC3(CCCCC3C)C2=O)nc1C. The number of thiazole rings is 1. The van der Waals surface area contributed by atoms with Crippen molar-refractivity contribution < 1.29 is 23.9 Å². The molecule has 2 fully saturated rings. The molecule has 0 bridgehead atoms. The Kier molecular flexibility index (Phi) is 7.20. The van der Waals surface area contributed by atoms with Gasteiger partial charge in [-0.15, -0.1) is 0 Å². The smallest absolute Gasteiger partial charge is 0.350 e. The molecule has 1 spiro atoms. The van der Waals surface area contributed by atoms with Crippen molar-refractivity contribution in [3.05, 3.63) is 46.5 Å². The number of imide groups is 1. The summed E-state index contributed by atoms with van der Waals surface area (Å²) in [4.78, 5) is 59.3. The summed E-state index contributed by atoms with van der Waals surface area (Å²) in [5.41, 5.74) is 0.370. The first-order valence-electron chi connectivity index (χ1n) is 11.9. The highest BCUT2D eigenvalue weighted by Gasteiger charge is 2.55. The molecule has 1 aliphatic heterocycles. The highest BCUT2D eigenvalue weighted by atomic mass is 32.1. The normalized spacial score (nSPS) is 21.8. The summed E-state index contributed by atoms with van der Waals surface area (Å²) in [6.45, 7) is 5.38. The molecule has 1 aromatic carbocycles. The van der Waals surface area contributed by atoms with Gasteiger partial charge in [0.1, 0.15) is 17.0 Å². The Labute approximate surface area is 208 Å². The van der Waals surface area contributed by atoms with Gasteiger partial charge in [0.25, 0.3) is 5.91 Å². The van der Waals surface area contributed by atoms with Crippen molar-refractivity contribution in [3.63, 3.8) is 0 Å². The molecule has 10 heteroatoms. The summed E-state index contributed by atoms with van der Waals surface area (Å²) in [5, 5.41) is 3.20. The Morgan fingerprint density at radius 2 is 2.00 bits per heavy atom. The van der Waals surface area contributed by atoms with Crippen LogP contribution in [0, 0.1) is 12.8 Å². The number of nitrogens with zero attached hydrogens (tertiary/aromatic N) is 3. The van der Waals surface area contributed by atoms with E-state index in [4.69, 9.17) is 4.74 Å². The zero-order valence-corrected chi connectivity index (χ0v) is 21.0. The second-order valence-electron chi connectivity index (χ2n) is 9.04. The standard InChI is InChI=1S/C25H30N4O5S/c1-4-34-21(31)20-17(3)26-24(35-20)28(14-18-11-6-5-7-12-18)19(30)15-29-22(32)25(27-23(29)33)13-9-8-10-16(25)2/h5-7,11-12,16H,4,8-10,13-15H2,1-3H3,(H,27,33). The lowest BCUT2D eigenvalue weighted by molar-refractivity contribution is -0.136. The summed E-state index contributed by atoms with van der Waals surface area (Å²) in [5.74, 6) is -1.29. The van der Waals surface area contributed by atoms with Crippen molar-refractivity contribution in [1.82, 2.24) is 15.2 Å². The lowest BCUT2D eigenvalue weighted by Gasteiger charge is -2.36. The number of benzene rings is 1. The van der Waals surface area contributed by atoms with Gasteiger partial charge in [0, 0.05) is 0 Å². The van der Waals surface area contributed by atoms with Gasteiger partial charge in [-0.05, 0) is 38.2 Å². The van der Waals surface area contributed by atoms with E-state index in [1.165, 1.54) is 4.90 Å². The molecule has 4 amide bonds. The topological polar surface area (TPSA) is 109 Å². The number of aryl methyl sites for hydroxylation is 1. The Morgan fingerprint density at radius 3 is 2.69 bits per heavy atom. The molecule has 35 heavy (non-hydrogen) atoms. The van der Waals surface area contributed by atoms with Crippen molar-refractivity contribution >= 4 is 40.3 Å². The van der Waals surface area contributed by atoms with Gasteiger partial charge >= 0.3 is 12.0 Å². The number of aromatic nitrogens is 1. The van der Waals surface area contributed by atoms with E-state index in [0.717, 1.165) is 41.1 Å². The number of nitrogens with one attached hydrogen (secondary N) is 1. The average Bonchev–Trinajstić information content (AvgIpc) is 3.33. The van der Waals surface area contributed by atoms with Crippen LogP contribution in [0.4, 0.5) is 9.93 Å². The molecule has 1 saturated carbocycles. The zero-order chi connectivity index (χ0) is 25.2. The number of amides is 4. The lowest BCUT2D eigenvalue weighted by Crippen LogP contribution is -2.54. The average molecular weight is 499 g/mol. The van der Waals surface area contributed by atoms with Gasteiger partial charge in [0.15, 0.2) is 5.13 Å². The molecule has 2 unspecified atom stereocenters. The fourth-order valence-corrected chi connectivity index (χ4v) is 5.75. The van der Waals surface area contributed by atoms with Crippen molar-refractivity contribution in [3.8, 4) is 0 Å². The van der Waals surface area contributed by atoms with Crippen molar-refractivity contribution in [2.45, 2.75) is 58.5 Å². The molecule has 2 aromatic rings. The van der Waals surface area contributed by atoms with E-state index < -0.39 is 30.0 Å². The van der Waals surface area contributed by atoms with Gasteiger partial charge in [0.05, 0.1) is 18.8 Å². The quantitative estimate of drug-likeness (QED) is 0.461. The molecule has 1 N–H and O–H groups in total. The fraction of sp³-hybridized carbons (Fsp3) is 0.480. The minimum Gasteiger partial charge on any atom is -0.462 e. The molecule has 2 atom stereocenters. The molecule has 9 nitrogen and oxygen atoms in total. The molecule has 0 radical (unpaired) electrons. The molecule has 2 aliphatic rings. The number of hydrogen-bond acceptors (Lipinski definition) is 7. The summed E-state index contributed by atoms with van der Waals surface area (Å²) in [7, 11) is 0. The van der Waals surface area contributed by atoms with Gasteiger partial charge in [0.2, 0.25) is 5.91 Å². The molecule has 4 rings (SSSR count). The number of anilines is 1.